The molecule has 0 aliphatic rings. The molecule has 0 aliphatic heterocycles. The van der Waals surface area contributed by atoms with E-state index in [1.165, 1.54) is 0 Å². The van der Waals surface area contributed by atoms with E-state index in [0.717, 1.165) is 23.0 Å². The molecule has 0 fully saturated rings. The van der Waals surface area contributed by atoms with Crippen LogP contribution in [-0.4, -0.2) is 15.8 Å². The number of carbonyl (C=O) groups is 1. The molecule has 0 atom stereocenters. The first-order valence-electron chi connectivity index (χ1n) is 5.46. The number of hydrogen-bond donors (Lipinski definition) is 0. The van der Waals surface area contributed by atoms with Gasteiger partial charge in [0.25, 0.3) is 0 Å². The zero-order valence-electron chi connectivity index (χ0n) is 9.38. The third kappa shape index (κ3) is 1.79. The lowest BCUT2D eigenvalue weighted by molar-refractivity contribution is 0.112. The molecule has 3 aromatic rings. The maximum absolute atomic E-state index is 10.7. The normalized spacial score (nSPS) is 10.7. The molecule has 3 rings (SSSR count). The smallest absolute Gasteiger partial charge is 0.150 e. The standard InChI is InChI=1S/C14H9ClN2O/c15-11-2-1-3-12(7-11)17-9-16-13-6-10(8-18)4-5-14(13)17/h1-9H. The average Bonchev–Trinajstić information content (AvgIpc) is 2.81. The molecular weight excluding hydrogens is 248 g/mol. The molecule has 0 aliphatic carbocycles. The third-order valence-corrected chi connectivity index (χ3v) is 3.03. The summed E-state index contributed by atoms with van der Waals surface area (Å²) >= 11 is 5.98. The van der Waals surface area contributed by atoms with Gasteiger partial charge in [-0.3, -0.25) is 9.36 Å². The van der Waals surface area contributed by atoms with Crippen molar-refractivity contribution in [3.8, 4) is 5.69 Å². The van der Waals surface area contributed by atoms with Crippen LogP contribution in [0.25, 0.3) is 16.7 Å². The Balaban J connectivity index is 2.21. The van der Waals surface area contributed by atoms with Crippen LogP contribution in [0.15, 0.2) is 48.8 Å². The largest absolute Gasteiger partial charge is 0.299 e. The Morgan fingerprint density at radius 1 is 1.17 bits per heavy atom. The minimum absolute atomic E-state index is 0.624. The number of halogens is 1. The van der Waals surface area contributed by atoms with E-state index in [1.54, 1.807) is 18.5 Å². The van der Waals surface area contributed by atoms with Crippen molar-refractivity contribution in [1.82, 2.24) is 9.55 Å². The van der Waals surface area contributed by atoms with Gasteiger partial charge in [-0.25, -0.2) is 4.98 Å². The third-order valence-electron chi connectivity index (χ3n) is 2.79. The summed E-state index contributed by atoms with van der Waals surface area (Å²) in [5, 5.41) is 0.680. The number of rotatable bonds is 2. The first-order valence-corrected chi connectivity index (χ1v) is 5.84. The lowest BCUT2D eigenvalue weighted by atomic mass is 10.2. The molecule has 18 heavy (non-hydrogen) atoms. The number of fused-ring (bicyclic) bond motifs is 1. The van der Waals surface area contributed by atoms with Crippen molar-refractivity contribution in [3.63, 3.8) is 0 Å². The van der Waals surface area contributed by atoms with Crippen LogP contribution in [-0.2, 0) is 0 Å². The summed E-state index contributed by atoms with van der Waals surface area (Å²) < 4.78 is 1.94. The van der Waals surface area contributed by atoms with Gasteiger partial charge in [0.15, 0.2) is 0 Å². The zero-order valence-corrected chi connectivity index (χ0v) is 10.1. The first-order chi connectivity index (χ1) is 8.78. The maximum Gasteiger partial charge on any atom is 0.150 e. The van der Waals surface area contributed by atoms with Crippen LogP contribution in [0.2, 0.25) is 5.02 Å². The topological polar surface area (TPSA) is 34.9 Å². The fourth-order valence-electron chi connectivity index (χ4n) is 1.93. The molecule has 0 bridgehead atoms. The fourth-order valence-corrected chi connectivity index (χ4v) is 2.12. The number of benzene rings is 2. The van der Waals surface area contributed by atoms with E-state index in [-0.39, 0.29) is 0 Å². The van der Waals surface area contributed by atoms with E-state index in [1.807, 2.05) is 34.9 Å². The summed E-state index contributed by atoms with van der Waals surface area (Å²) in [5.41, 5.74) is 3.31. The molecule has 0 N–H and O–H groups in total. The van der Waals surface area contributed by atoms with Crippen molar-refractivity contribution in [2.75, 3.05) is 0 Å². The van der Waals surface area contributed by atoms with E-state index < -0.39 is 0 Å². The Bertz CT molecular complexity index is 733. The van der Waals surface area contributed by atoms with E-state index in [0.29, 0.717) is 10.6 Å². The van der Waals surface area contributed by atoms with Crippen molar-refractivity contribution in [2.45, 2.75) is 0 Å². The lowest BCUT2D eigenvalue weighted by Gasteiger charge is -2.04. The Morgan fingerprint density at radius 2 is 2.06 bits per heavy atom. The van der Waals surface area contributed by atoms with Crippen LogP contribution >= 0.6 is 11.6 Å². The Hall–Kier alpha value is -2.13. The molecule has 1 heterocycles. The van der Waals surface area contributed by atoms with Gasteiger partial charge in [-0.1, -0.05) is 17.7 Å². The highest BCUT2D eigenvalue weighted by atomic mass is 35.5. The predicted molar refractivity (Wildman–Crippen MR) is 71.5 cm³/mol. The number of nitrogens with zero attached hydrogens (tertiary/aromatic N) is 2. The zero-order chi connectivity index (χ0) is 12.5. The minimum Gasteiger partial charge on any atom is -0.299 e. The molecule has 2 aromatic carbocycles. The van der Waals surface area contributed by atoms with Crippen molar-refractivity contribution in [1.29, 1.82) is 0 Å². The van der Waals surface area contributed by atoms with Crippen molar-refractivity contribution in [3.05, 3.63) is 59.4 Å². The minimum atomic E-state index is 0.624. The summed E-state index contributed by atoms with van der Waals surface area (Å²) in [5.74, 6) is 0. The molecule has 0 saturated carbocycles. The van der Waals surface area contributed by atoms with Crippen molar-refractivity contribution < 1.29 is 4.79 Å². The highest BCUT2D eigenvalue weighted by molar-refractivity contribution is 6.30. The second-order valence-corrected chi connectivity index (χ2v) is 4.40. The molecule has 0 amide bonds. The number of imidazole rings is 1. The monoisotopic (exact) mass is 256 g/mol. The Kier molecular flexibility index (Phi) is 2.61. The highest BCUT2D eigenvalue weighted by Crippen LogP contribution is 2.21. The molecule has 0 radical (unpaired) electrons. The Labute approximate surface area is 109 Å². The first kappa shape index (κ1) is 11.0. The van der Waals surface area contributed by atoms with Crippen LogP contribution in [0, 0.1) is 0 Å². The van der Waals surface area contributed by atoms with Gasteiger partial charge in [0.05, 0.1) is 11.0 Å². The van der Waals surface area contributed by atoms with Gasteiger partial charge in [0.2, 0.25) is 0 Å². The van der Waals surface area contributed by atoms with Gasteiger partial charge in [0.1, 0.15) is 12.6 Å². The summed E-state index contributed by atoms with van der Waals surface area (Å²) in [6, 6.07) is 13.0. The van der Waals surface area contributed by atoms with Crippen molar-refractivity contribution in [2.24, 2.45) is 0 Å². The fraction of sp³-hybridized carbons (Fsp3) is 0. The predicted octanol–water partition coefficient (Wildman–Crippen LogP) is 3.49. The van der Waals surface area contributed by atoms with Crippen LogP contribution in [0.4, 0.5) is 0 Å². The van der Waals surface area contributed by atoms with Crippen LogP contribution < -0.4 is 0 Å². The lowest BCUT2D eigenvalue weighted by Crippen LogP contribution is -1.91. The van der Waals surface area contributed by atoms with E-state index >= 15 is 0 Å². The number of carbonyl (C=O) groups excluding carboxylic acids is 1. The SMILES string of the molecule is O=Cc1ccc2c(c1)ncn2-c1cccc(Cl)c1. The summed E-state index contributed by atoms with van der Waals surface area (Å²) in [7, 11) is 0. The van der Waals surface area contributed by atoms with E-state index in [9.17, 15) is 4.79 Å². The van der Waals surface area contributed by atoms with Crippen LogP contribution in [0.3, 0.4) is 0 Å². The van der Waals surface area contributed by atoms with Gasteiger partial charge in [-0.05, 0) is 36.4 Å². The van der Waals surface area contributed by atoms with Gasteiger partial charge < -0.3 is 0 Å². The van der Waals surface area contributed by atoms with Crippen molar-refractivity contribution >= 4 is 28.9 Å². The molecule has 0 saturated heterocycles. The second kappa shape index (κ2) is 4.27. The van der Waals surface area contributed by atoms with Gasteiger partial charge in [0, 0.05) is 16.3 Å². The van der Waals surface area contributed by atoms with E-state index in [2.05, 4.69) is 4.98 Å². The molecule has 1 aromatic heterocycles. The quantitative estimate of drug-likeness (QED) is 0.658. The van der Waals surface area contributed by atoms with Gasteiger partial charge in [-0.15, -0.1) is 0 Å². The van der Waals surface area contributed by atoms with Gasteiger partial charge >= 0.3 is 0 Å². The molecule has 0 unspecified atom stereocenters. The number of aromatic nitrogens is 2. The highest BCUT2D eigenvalue weighted by Gasteiger charge is 2.05. The van der Waals surface area contributed by atoms with Crippen LogP contribution in [0.1, 0.15) is 10.4 Å². The summed E-state index contributed by atoms with van der Waals surface area (Å²) in [6.45, 7) is 0. The average molecular weight is 257 g/mol. The van der Waals surface area contributed by atoms with E-state index in [4.69, 9.17) is 11.6 Å². The van der Waals surface area contributed by atoms with Gasteiger partial charge in [-0.2, -0.15) is 0 Å². The summed E-state index contributed by atoms with van der Waals surface area (Å²) in [4.78, 5) is 15.0. The molecule has 4 heteroatoms. The second-order valence-electron chi connectivity index (χ2n) is 3.96. The maximum atomic E-state index is 10.7. The van der Waals surface area contributed by atoms with Crippen LogP contribution in [0.5, 0.6) is 0 Å². The molecule has 0 spiro atoms. The number of aldehydes is 1. The molecular formula is C14H9ClN2O. The molecule has 3 nitrogen and oxygen atoms in total. The Morgan fingerprint density at radius 3 is 2.83 bits per heavy atom. The molecule has 88 valence electrons. The summed E-state index contributed by atoms with van der Waals surface area (Å²) in [6.07, 6.45) is 2.54. The number of hydrogen-bond acceptors (Lipinski definition) is 2.